The highest BCUT2D eigenvalue weighted by Gasteiger charge is 2.59. The second-order valence-electron chi connectivity index (χ2n) is 5.22. The highest BCUT2D eigenvalue weighted by atomic mass is 14.8. The van der Waals surface area contributed by atoms with Crippen LogP contribution in [0.25, 0.3) is 0 Å². The molecule has 0 radical (unpaired) electrons. The van der Waals surface area contributed by atoms with E-state index in [1.165, 1.54) is 19.3 Å². The van der Waals surface area contributed by atoms with Crippen molar-refractivity contribution < 1.29 is 0 Å². The van der Waals surface area contributed by atoms with Crippen LogP contribution in [0.5, 0.6) is 0 Å². The summed E-state index contributed by atoms with van der Waals surface area (Å²) in [6.07, 6.45) is 4.03. The van der Waals surface area contributed by atoms with Gasteiger partial charge in [-0.15, -0.1) is 0 Å². The second-order valence-corrected chi connectivity index (χ2v) is 5.22. The van der Waals surface area contributed by atoms with Gasteiger partial charge in [-0.25, -0.2) is 0 Å². The monoisotopic (exact) mass is 153 g/mol. The highest BCUT2D eigenvalue weighted by Crippen LogP contribution is 2.64. The molecule has 64 valence electrons. The summed E-state index contributed by atoms with van der Waals surface area (Å²) < 4.78 is 0. The largest absolute Gasteiger partial charge is 0.327 e. The molecule has 0 amide bonds. The van der Waals surface area contributed by atoms with Gasteiger partial charge >= 0.3 is 0 Å². The van der Waals surface area contributed by atoms with Crippen LogP contribution in [0.2, 0.25) is 0 Å². The summed E-state index contributed by atoms with van der Waals surface area (Å²) in [5.41, 5.74) is 7.08. The van der Waals surface area contributed by atoms with Gasteiger partial charge in [-0.3, -0.25) is 0 Å². The fourth-order valence-electron chi connectivity index (χ4n) is 3.27. The van der Waals surface area contributed by atoms with E-state index >= 15 is 0 Å². The van der Waals surface area contributed by atoms with E-state index in [1.54, 1.807) is 0 Å². The summed E-state index contributed by atoms with van der Waals surface area (Å²) in [6.45, 7) is 7.18. The second kappa shape index (κ2) is 1.82. The normalized spacial score (nSPS) is 53.5. The molecule has 2 saturated carbocycles. The number of fused-ring (bicyclic) bond motifs is 2. The SMILES string of the molecule is CC1(C)C2CCC1(C)C(N)C2. The molecular formula is C10H19N. The van der Waals surface area contributed by atoms with Gasteiger partial charge in [0.25, 0.3) is 0 Å². The maximum Gasteiger partial charge on any atom is 0.0101 e. The molecule has 0 aromatic rings. The van der Waals surface area contributed by atoms with Crippen LogP contribution in [0.15, 0.2) is 0 Å². The fourth-order valence-corrected chi connectivity index (χ4v) is 3.27. The minimum Gasteiger partial charge on any atom is -0.327 e. The average molecular weight is 153 g/mol. The zero-order valence-electron chi connectivity index (χ0n) is 7.85. The van der Waals surface area contributed by atoms with Crippen molar-refractivity contribution in [2.75, 3.05) is 0 Å². The van der Waals surface area contributed by atoms with Crippen LogP contribution >= 0.6 is 0 Å². The first kappa shape index (κ1) is 7.60. The van der Waals surface area contributed by atoms with Crippen molar-refractivity contribution in [3.05, 3.63) is 0 Å². The molecule has 0 aromatic carbocycles. The topological polar surface area (TPSA) is 26.0 Å². The van der Waals surface area contributed by atoms with Crippen molar-refractivity contribution in [2.45, 2.75) is 46.1 Å². The molecule has 11 heavy (non-hydrogen) atoms. The van der Waals surface area contributed by atoms with Crippen LogP contribution < -0.4 is 5.73 Å². The van der Waals surface area contributed by atoms with E-state index in [9.17, 15) is 0 Å². The van der Waals surface area contributed by atoms with Crippen LogP contribution in [-0.2, 0) is 0 Å². The molecule has 1 nitrogen and oxygen atoms in total. The molecule has 0 saturated heterocycles. The molecular weight excluding hydrogens is 134 g/mol. The summed E-state index contributed by atoms with van der Waals surface area (Å²) in [5, 5.41) is 0. The molecule has 0 aliphatic heterocycles. The standard InChI is InChI=1S/C10H19N/c1-9(2)7-4-5-10(9,3)8(11)6-7/h7-8H,4-6,11H2,1-3H3. The summed E-state index contributed by atoms with van der Waals surface area (Å²) >= 11 is 0. The van der Waals surface area contributed by atoms with Gasteiger partial charge in [0.1, 0.15) is 0 Å². The van der Waals surface area contributed by atoms with E-state index in [2.05, 4.69) is 20.8 Å². The van der Waals surface area contributed by atoms with Gasteiger partial charge in [0.05, 0.1) is 0 Å². The zero-order chi connectivity index (χ0) is 8.28. The van der Waals surface area contributed by atoms with Gasteiger partial charge in [-0.05, 0) is 36.0 Å². The molecule has 0 spiro atoms. The van der Waals surface area contributed by atoms with Gasteiger partial charge in [0.2, 0.25) is 0 Å². The summed E-state index contributed by atoms with van der Waals surface area (Å²) in [7, 11) is 0. The van der Waals surface area contributed by atoms with E-state index in [-0.39, 0.29) is 0 Å². The number of nitrogens with two attached hydrogens (primary N) is 1. The van der Waals surface area contributed by atoms with Crippen LogP contribution in [0.3, 0.4) is 0 Å². The molecule has 0 aromatic heterocycles. The maximum absolute atomic E-state index is 6.13. The first-order chi connectivity index (χ1) is 4.98. The van der Waals surface area contributed by atoms with Crippen molar-refractivity contribution in [1.29, 1.82) is 0 Å². The molecule has 2 bridgehead atoms. The van der Waals surface area contributed by atoms with Crippen molar-refractivity contribution in [3.8, 4) is 0 Å². The Morgan fingerprint density at radius 2 is 1.91 bits per heavy atom. The van der Waals surface area contributed by atoms with Crippen molar-refractivity contribution >= 4 is 0 Å². The van der Waals surface area contributed by atoms with E-state index in [0.29, 0.717) is 16.9 Å². The highest BCUT2D eigenvalue weighted by molar-refractivity contribution is 5.11. The van der Waals surface area contributed by atoms with Crippen molar-refractivity contribution in [1.82, 2.24) is 0 Å². The number of hydrogen-bond donors (Lipinski definition) is 1. The van der Waals surface area contributed by atoms with Gasteiger partial charge in [0, 0.05) is 6.04 Å². The molecule has 2 aliphatic carbocycles. The Morgan fingerprint density at radius 1 is 1.27 bits per heavy atom. The summed E-state index contributed by atoms with van der Waals surface area (Å²) in [6, 6.07) is 0.469. The Morgan fingerprint density at radius 3 is 2.09 bits per heavy atom. The third kappa shape index (κ3) is 0.658. The van der Waals surface area contributed by atoms with E-state index in [1.807, 2.05) is 0 Å². The lowest BCUT2D eigenvalue weighted by Crippen LogP contribution is -2.40. The Kier molecular flexibility index (Phi) is 1.26. The minimum atomic E-state index is 0.442. The average Bonchev–Trinajstić information content (AvgIpc) is 2.20. The van der Waals surface area contributed by atoms with Crippen LogP contribution in [0.1, 0.15) is 40.0 Å². The Bertz CT molecular complexity index is 185. The fraction of sp³-hybridized carbons (Fsp3) is 1.00. The van der Waals surface area contributed by atoms with Gasteiger partial charge in [-0.2, -0.15) is 0 Å². The van der Waals surface area contributed by atoms with Gasteiger partial charge < -0.3 is 5.73 Å². The quantitative estimate of drug-likeness (QED) is 0.567. The predicted octanol–water partition coefficient (Wildman–Crippen LogP) is 2.16. The number of rotatable bonds is 0. The molecule has 2 fully saturated rings. The Labute approximate surface area is 69.4 Å². The van der Waals surface area contributed by atoms with Gasteiger partial charge in [0.15, 0.2) is 0 Å². The molecule has 2 N–H and O–H groups in total. The van der Waals surface area contributed by atoms with Crippen LogP contribution in [0.4, 0.5) is 0 Å². The lowest BCUT2D eigenvalue weighted by molar-refractivity contribution is 0.136. The van der Waals surface area contributed by atoms with Crippen molar-refractivity contribution in [3.63, 3.8) is 0 Å². The number of hydrogen-bond acceptors (Lipinski definition) is 1. The Hall–Kier alpha value is -0.0400. The smallest absolute Gasteiger partial charge is 0.0101 e. The first-order valence-electron chi connectivity index (χ1n) is 4.74. The zero-order valence-corrected chi connectivity index (χ0v) is 7.85. The molecule has 0 heterocycles. The van der Waals surface area contributed by atoms with Crippen molar-refractivity contribution in [2.24, 2.45) is 22.5 Å². The van der Waals surface area contributed by atoms with Crippen LogP contribution in [-0.4, -0.2) is 6.04 Å². The molecule has 1 heteroatoms. The molecule has 2 rings (SSSR count). The third-order valence-corrected chi connectivity index (χ3v) is 4.86. The van der Waals surface area contributed by atoms with Crippen LogP contribution in [0, 0.1) is 16.7 Å². The molecule has 3 unspecified atom stereocenters. The van der Waals surface area contributed by atoms with E-state index in [0.717, 1.165) is 5.92 Å². The third-order valence-electron chi connectivity index (χ3n) is 4.86. The van der Waals surface area contributed by atoms with E-state index < -0.39 is 0 Å². The van der Waals surface area contributed by atoms with Gasteiger partial charge in [-0.1, -0.05) is 20.8 Å². The molecule has 2 aliphatic rings. The minimum absolute atomic E-state index is 0.442. The maximum atomic E-state index is 6.13. The molecule has 3 atom stereocenters. The lowest BCUT2D eigenvalue weighted by Gasteiger charge is -2.37. The summed E-state index contributed by atoms with van der Waals surface area (Å²) in [5.74, 6) is 0.905. The summed E-state index contributed by atoms with van der Waals surface area (Å²) in [4.78, 5) is 0. The predicted molar refractivity (Wildman–Crippen MR) is 47.2 cm³/mol. The van der Waals surface area contributed by atoms with E-state index in [4.69, 9.17) is 5.73 Å². The lowest BCUT2D eigenvalue weighted by atomic mass is 9.69. The Balaban J connectivity index is 2.40. The first-order valence-corrected chi connectivity index (χ1v) is 4.74.